The average Bonchev–Trinajstić information content (AvgIpc) is 1.84. The molecular formula is C6H15NO. The third-order valence-electron chi connectivity index (χ3n) is 1.45. The standard InChI is InChI=1S/C6H15NO/c1-4-6(7)5(2)8-3/h5-6H,4,7H2,1-3H3/t5?,6-/m1/s1. The molecule has 0 heterocycles. The van der Waals surface area contributed by atoms with E-state index in [0.29, 0.717) is 0 Å². The lowest BCUT2D eigenvalue weighted by atomic mass is 10.1. The second kappa shape index (κ2) is 3.87. The van der Waals surface area contributed by atoms with Gasteiger partial charge in [0.05, 0.1) is 6.10 Å². The van der Waals surface area contributed by atoms with Crippen LogP contribution in [0.2, 0.25) is 0 Å². The monoisotopic (exact) mass is 117 g/mol. The summed E-state index contributed by atoms with van der Waals surface area (Å²) in [6, 6.07) is 0.194. The van der Waals surface area contributed by atoms with Crippen molar-refractivity contribution in [2.75, 3.05) is 7.11 Å². The van der Waals surface area contributed by atoms with Crippen LogP contribution < -0.4 is 5.73 Å². The molecule has 2 nitrogen and oxygen atoms in total. The molecule has 0 bridgehead atoms. The maximum absolute atomic E-state index is 5.60. The highest BCUT2D eigenvalue weighted by Crippen LogP contribution is 1.96. The van der Waals surface area contributed by atoms with Gasteiger partial charge in [0.2, 0.25) is 0 Å². The first-order chi connectivity index (χ1) is 3.72. The summed E-state index contributed by atoms with van der Waals surface area (Å²) in [5.41, 5.74) is 5.60. The fourth-order valence-corrected chi connectivity index (χ4v) is 0.507. The third kappa shape index (κ3) is 2.28. The predicted octanol–water partition coefficient (Wildman–Crippen LogP) is 0.759. The van der Waals surface area contributed by atoms with E-state index in [1.165, 1.54) is 0 Å². The van der Waals surface area contributed by atoms with Gasteiger partial charge in [-0.2, -0.15) is 0 Å². The molecule has 2 N–H and O–H groups in total. The smallest absolute Gasteiger partial charge is 0.0693 e. The summed E-state index contributed by atoms with van der Waals surface area (Å²) in [6.45, 7) is 4.04. The van der Waals surface area contributed by atoms with E-state index < -0.39 is 0 Å². The number of hydrogen-bond acceptors (Lipinski definition) is 2. The van der Waals surface area contributed by atoms with Crippen molar-refractivity contribution < 1.29 is 4.74 Å². The molecule has 0 aliphatic carbocycles. The van der Waals surface area contributed by atoms with Gasteiger partial charge in [-0.25, -0.2) is 0 Å². The van der Waals surface area contributed by atoms with Gasteiger partial charge in [-0.3, -0.25) is 0 Å². The molecule has 2 heteroatoms. The lowest BCUT2D eigenvalue weighted by Crippen LogP contribution is -2.32. The van der Waals surface area contributed by atoms with Crippen LogP contribution in [0.3, 0.4) is 0 Å². The molecule has 0 rings (SSSR count). The Bertz CT molecular complexity index is 48.5. The third-order valence-corrected chi connectivity index (χ3v) is 1.45. The van der Waals surface area contributed by atoms with E-state index in [1.807, 2.05) is 6.92 Å². The second-order valence-corrected chi connectivity index (χ2v) is 2.01. The molecule has 0 fully saturated rings. The fourth-order valence-electron chi connectivity index (χ4n) is 0.507. The molecule has 0 amide bonds. The Balaban J connectivity index is 3.29. The van der Waals surface area contributed by atoms with Gasteiger partial charge in [0.15, 0.2) is 0 Å². The van der Waals surface area contributed by atoms with Gasteiger partial charge >= 0.3 is 0 Å². The molecule has 0 aliphatic heterocycles. The van der Waals surface area contributed by atoms with Crippen molar-refractivity contribution in [3.8, 4) is 0 Å². The summed E-state index contributed by atoms with van der Waals surface area (Å²) in [4.78, 5) is 0. The van der Waals surface area contributed by atoms with E-state index in [4.69, 9.17) is 10.5 Å². The molecule has 0 radical (unpaired) electrons. The number of rotatable bonds is 3. The van der Waals surface area contributed by atoms with Gasteiger partial charge < -0.3 is 10.5 Å². The number of methoxy groups -OCH3 is 1. The summed E-state index contributed by atoms with van der Waals surface area (Å²) in [6.07, 6.45) is 1.18. The highest BCUT2D eigenvalue weighted by atomic mass is 16.5. The molecule has 0 saturated carbocycles. The maximum atomic E-state index is 5.60. The number of ether oxygens (including phenoxy) is 1. The Morgan fingerprint density at radius 3 is 2.25 bits per heavy atom. The first-order valence-corrected chi connectivity index (χ1v) is 3.00. The van der Waals surface area contributed by atoms with Crippen LogP contribution in [-0.2, 0) is 4.74 Å². The molecule has 2 atom stereocenters. The Morgan fingerprint density at radius 2 is 2.12 bits per heavy atom. The topological polar surface area (TPSA) is 35.2 Å². The largest absolute Gasteiger partial charge is 0.380 e. The highest BCUT2D eigenvalue weighted by Gasteiger charge is 2.06. The van der Waals surface area contributed by atoms with Gasteiger partial charge in [0.25, 0.3) is 0 Å². The van der Waals surface area contributed by atoms with Gasteiger partial charge in [-0.05, 0) is 13.3 Å². The highest BCUT2D eigenvalue weighted by molar-refractivity contribution is 4.65. The summed E-state index contributed by atoms with van der Waals surface area (Å²) < 4.78 is 4.98. The SMILES string of the molecule is CC[C@@H](N)C(C)OC. The van der Waals surface area contributed by atoms with Crippen LogP contribution in [0.5, 0.6) is 0 Å². The van der Waals surface area contributed by atoms with E-state index in [1.54, 1.807) is 7.11 Å². The number of nitrogens with two attached hydrogens (primary N) is 1. The molecule has 0 aromatic heterocycles. The molecule has 1 unspecified atom stereocenters. The molecule has 50 valence electrons. The van der Waals surface area contributed by atoms with E-state index in [2.05, 4.69) is 6.92 Å². The minimum absolute atomic E-state index is 0.194. The molecule has 0 aliphatic rings. The zero-order chi connectivity index (χ0) is 6.57. The molecule has 8 heavy (non-hydrogen) atoms. The van der Waals surface area contributed by atoms with Crippen LogP contribution in [0.15, 0.2) is 0 Å². The van der Waals surface area contributed by atoms with Crippen LogP contribution in [0.25, 0.3) is 0 Å². The Morgan fingerprint density at radius 1 is 1.62 bits per heavy atom. The first-order valence-electron chi connectivity index (χ1n) is 3.00. The summed E-state index contributed by atoms with van der Waals surface area (Å²) in [5, 5.41) is 0. The lowest BCUT2D eigenvalue weighted by Gasteiger charge is -2.15. The zero-order valence-electron chi connectivity index (χ0n) is 5.85. The Hall–Kier alpha value is -0.0800. The second-order valence-electron chi connectivity index (χ2n) is 2.01. The first kappa shape index (κ1) is 7.92. The zero-order valence-corrected chi connectivity index (χ0v) is 5.85. The molecule has 0 aromatic rings. The lowest BCUT2D eigenvalue weighted by molar-refractivity contribution is 0.0944. The molecule has 0 spiro atoms. The molecule has 0 aromatic carbocycles. The van der Waals surface area contributed by atoms with Gasteiger partial charge in [-0.15, -0.1) is 0 Å². The summed E-state index contributed by atoms with van der Waals surface area (Å²) in [7, 11) is 1.68. The van der Waals surface area contributed by atoms with Crippen molar-refractivity contribution >= 4 is 0 Å². The van der Waals surface area contributed by atoms with Crippen LogP contribution >= 0.6 is 0 Å². The van der Waals surface area contributed by atoms with E-state index in [-0.39, 0.29) is 12.1 Å². The van der Waals surface area contributed by atoms with Crippen molar-refractivity contribution in [3.63, 3.8) is 0 Å². The summed E-state index contributed by atoms with van der Waals surface area (Å²) >= 11 is 0. The van der Waals surface area contributed by atoms with Crippen LogP contribution in [0, 0.1) is 0 Å². The van der Waals surface area contributed by atoms with Crippen LogP contribution in [0.1, 0.15) is 20.3 Å². The minimum atomic E-state index is 0.194. The van der Waals surface area contributed by atoms with Crippen LogP contribution in [0.4, 0.5) is 0 Å². The van der Waals surface area contributed by atoms with Crippen molar-refractivity contribution in [3.05, 3.63) is 0 Å². The van der Waals surface area contributed by atoms with Crippen LogP contribution in [-0.4, -0.2) is 19.3 Å². The normalized spacial score (nSPS) is 18.0. The van der Waals surface area contributed by atoms with Crippen molar-refractivity contribution in [1.29, 1.82) is 0 Å². The maximum Gasteiger partial charge on any atom is 0.0693 e. The fraction of sp³-hybridized carbons (Fsp3) is 1.00. The van der Waals surface area contributed by atoms with E-state index in [9.17, 15) is 0 Å². The average molecular weight is 117 g/mol. The number of hydrogen-bond donors (Lipinski definition) is 1. The van der Waals surface area contributed by atoms with Gasteiger partial charge in [-0.1, -0.05) is 6.92 Å². The van der Waals surface area contributed by atoms with E-state index in [0.717, 1.165) is 6.42 Å². The Labute approximate surface area is 51.0 Å². The quantitative estimate of drug-likeness (QED) is 0.592. The molecule has 0 saturated heterocycles. The summed E-state index contributed by atoms with van der Waals surface area (Å²) in [5.74, 6) is 0. The van der Waals surface area contributed by atoms with Crippen molar-refractivity contribution in [2.45, 2.75) is 32.4 Å². The van der Waals surface area contributed by atoms with Crippen molar-refractivity contribution in [1.82, 2.24) is 0 Å². The van der Waals surface area contributed by atoms with Crippen molar-refractivity contribution in [2.24, 2.45) is 5.73 Å². The minimum Gasteiger partial charge on any atom is -0.380 e. The predicted molar refractivity (Wildman–Crippen MR) is 34.7 cm³/mol. The Kier molecular flexibility index (Phi) is 3.83. The van der Waals surface area contributed by atoms with E-state index >= 15 is 0 Å². The van der Waals surface area contributed by atoms with Gasteiger partial charge in [0.1, 0.15) is 0 Å². The molecular weight excluding hydrogens is 102 g/mol. The van der Waals surface area contributed by atoms with Gasteiger partial charge in [0, 0.05) is 13.2 Å².